The lowest BCUT2D eigenvalue weighted by Crippen LogP contribution is -1.91. The number of halogens is 1. The number of benzene rings is 1. The van der Waals surface area contributed by atoms with Crippen LogP contribution < -0.4 is 0 Å². The minimum absolute atomic E-state index is 0.705. The second kappa shape index (κ2) is 5.03. The second-order valence-corrected chi connectivity index (χ2v) is 5.13. The number of thiazole rings is 1. The average Bonchev–Trinajstić information content (AvgIpc) is 2.98. The van der Waals surface area contributed by atoms with Gasteiger partial charge in [-0.15, -0.1) is 11.3 Å². The molecule has 0 saturated carbocycles. The fraction of sp³-hybridized carbons (Fsp3) is 0.0769. The molecule has 0 unspecified atom stereocenters. The third-order valence-corrected chi connectivity index (χ3v) is 3.71. The fourth-order valence-electron chi connectivity index (χ4n) is 1.85. The normalized spacial score (nSPS) is 11.5. The number of imidazole rings is 1. The summed E-state index contributed by atoms with van der Waals surface area (Å²) in [7, 11) is 1.52. The van der Waals surface area contributed by atoms with Gasteiger partial charge in [0.2, 0.25) is 0 Å². The zero-order chi connectivity index (χ0) is 13.2. The summed E-state index contributed by atoms with van der Waals surface area (Å²) in [5.41, 5.74) is 2.75. The second-order valence-electron chi connectivity index (χ2n) is 3.83. The van der Waals surface area contributed by atoms with Crippen LogP contribution in [0.3, 0.4) is 0 Å². The van der Waals surface area contributed by atoms with E-state index in [4.69, 9.17) is 16.4 Å². The van der Waals surface area contributed by atoms with E-state index < -0.39 is 0 Å². The van der Waals surface area contributed by atoms with Crippen LogP contribution in [0, 0.1) is 0 Å². The molecule has 19 heavy (non-hydrogen) atoms. The maximum atomic E-state index is 5.91. The molecule has 0 aliphatic rings. The molecule has 6 heteroatoms. The molecule has 3 rings (SSSR count). The van der Waals surface area contributed by atoms with E-state index in [0.717, 1.165) is 21.9 Å². The molecule has 0 aliphatic carbocycles. The van der Waals surface area contributed by atoms with Crippen molar-refractivity contribution in [1.29, 1.82) is 0 Å². The van der Waals surface area contributed by atoms with Crippen molar-refractivity contribution in [1.82, 2.24) is 9.38 Å². The summed E-state index contributed by atoms with van der Waals surface area (Å²) in [6.07, 6.45) is 3.63. The molecule has 0 N–H and O–H groups in total. The lowest BCUT2D eigenvalue weighted by atomic mass is 10.1. The van der Waals surface area contributed by atoms with Gasteiger partial charge in [-0.25, -0.2) is 4.98 Å². The van der Waals surface area contributed by atoms with Crippen molar-refractivity contribution in [2.24, 2.45) is 5.16 Å². The standard InChI is InChI=1S/C13H10ClN3OS/c1-18-15-8-11-12(9-2-4-10(14)5-3-9)16-13-17(11)6-7-19-13/h2-8H,1H3. The summed E-state index contributed by atoms with van der Waals surface area (Å²) in [5.74, 6) is 0. The SMILES string of the molecule is CON=Cc1c(-c2ccc(Cl)cc2)nc2sccn12. The monoisotopic (exact) mass is 291 g/mol. The number of fused-ring (bicyclic) bond motifs is 1. The highest BCUT2D eigenvalue weighted by Gasteiger charge is 2.13. The van der Waals surface area contributed by atoms with Crippen LogP contribution >= 0.6 is 22.9 Å². The summed E-state index contributed by atoms with van der Waals surface area (Å²) >= 11 is 7.49. The number of rotatable bonds is 3. The fourth-order valence-corrected chi connectivity index (χ4v) is 2.70. The summed E-state index contributed by atoms with van der Waals surface area (Å²) < 4.78 is 1.98. The summed E-state index contributed by atoms with van der Waals surface area (Å²) in [6.45, 7) is 0. The highest BCUT2D eigenvalue weighted by atomic mass is 35.5. The van der Waals surface area contributed by atoms with E-state index >= 15 is 0 Å². The molecule has 3 aromatic rings. The first-order valence-corrected chi connectivity index (χ1v) is 6.83. The Morgan fingerprint density at radius 2 is 2.16 bits per heavy atom. The molecular formula is C13H10ClN3OS. The molecule has 0 atom stereocenters. The smallest absolute Gasteiger partial charge is 0.194 e. The van der Waals surface area contributed by atoms with E-state index in [9.17, 15) is 0 Å². The largest absolute Gasteiger partial charge is 0.399 e. The lowest BCUT2D eigenvalue weighted by molar-refractivity contribution is 0.215. The maximum absolute atomic E-state index is 5.91. The quantitative estimate of drug-likeness (QED) is 0.545. The van der Waals surface area contributed by atoms with Crippen LogP contribution in [-0.2, 0) is 4.84 Å². The molecule has 0 radical (unpaired) electrons. The number of hydrogen-bond donors (Lipinski definition) is 0. The number of aromatic nitrogens is 2. The predicted octanol–water partition coefficient (Wildman–Crippen LogP) is 3.70. The van der Waals surface area contributed by atoms with E-state index in [1.807, 2.05) is 40.2 Å². The van der Waals surface area contributed by atoms with E-state index in [1.165, 1.54) is 7.11 Å². The third kappa shape index (κ3) is 2.22. The summed E-state index contributed by atoms with van der Waals surface area (Å²) in [6, 6.07) is 7.58. The van der Waals surface area contributed by atoms with Gasteiger partial charge in [-0.1, -0.05) is 28.9 Å². The van der Waals surface area contributed by atoms with Crippen LogP contribution in [0.25, 0.3) is 16.2 Å². The van der Waals surface area contributed by atoms with Crippen LogP contribution in [0.15, 0.2) is 41.0 Å². The van der Waals surface area contributed by atoms with Gasteiger partial charge in [0.1, 0.15) is 7.11 Å². The molecule has 0 saturated heterocycles. The molecule has 2 aromatic heterocycles. The van der Waals surface area contributed by atoms with Crippen LogP contribution in [-0.4, -0.2) is 22.7 Å². The van der Waals surface area contributed by atoms with Crippen molar-refractivity contribution in [3.63, 3.8) is 0 Å². The lowest BCUT2D eigenvalue weighted by Gasteiger charge is -1.99. The number of hydrogen-bond acceptors (Lipinski definition) is 4. The van der Waals surface area contributed by atoms with Crippen molar-refractivity contribution in [3.05, 3.63) is 46.6 Å². The Morgan fingerprint density at radius 1 is 1.37 bits per heavy atom. The van der Waals surface area contributed by atoms with E-state index in [2.05, 4.69) is 10.1 Å². The molecule has 0 bridgehead atoms. The molecule has 2 heterocycles. The van der Waals surface area contributed by atoms with Gasteiger partial charge in [0, 0.05) is 22.2 Å². The van der Waals surface area contributed by atoms with Gasteiger partial charge in [0.25, 0.3) is 0 Å². The summed E-state index contributed by atoms with van der Waals surface area (Å²) in [5, 5.41) is 6.53. The zero-order valence-corrected chi connectivity index (χ0v) is 11.6. The molecule has 0 amide bonds. The van der Waals surface area contributed by atoms with Gasteiger partial charge in [-0.05, 0) is 12.1 Å². The molecule has 0 aliphatic heterocycles. The van der Waals surface area contributed by atoms with Crippen molar-refractivity contribution in [2.45, 2.75) is 0 Å². The van der Waals surface area contributed by atoms with E-state index in [-0.39, 0.29) is 0 Å². The first-order valence-electron chi connectivity index (χ1n) is 5.57. The molecule has 96 valence electrons. The zero-order valence-electron chi connectivity index (χ0n) is 10.1. The summed E-state index contributed by atoms with van der Waals surface area (Å²) in [4.78, 5) is 10.3. The highest BCUT2D eigenvalue weighted by molar-refractivity contribution is 7.15. The average molecular weight is 292 g/mol. The molecular weight excluding hydrogens is 282 g/mol. The van der Waals surface area contributed by atoms with Gasteiger partial charge in [-0.2, -0.15) is 0 Å². The Balaban J connectivity index is 2.19. The maximum Gasteiger partial charge on any atom is 0.194 e. The molecule has 0 spiro atoms. The van der Waals surface area contributed by atoms with E-state index in [0.29, 0.717) is 5.02 Å². The Labute approximate surface area is 118 Å². The predicted molar refractivity (Wildman–Crippen MR) is 78.1 cm³/mol. The molecule has 4 nitrogen and oxygen atoms in total. The number of nitrogens with zero attached hydrogens (tertiary/aromatic N) is 3. The Bertz CT molecular complexity index is 730. The Hall–Kier alpha value is -1.85. The van der Waals surface area contributed by atoms with Gasteiger partial charge in [0.15, 0.2) is 4.96 Å². The Morgan fingerprint density at radius 3 is 2.89 bits per heavy atom. The molecule has 0 fully saturated rings. The minimum Gasteiger partial charge on any atom is -0.399 e. The van der Waals surface area contributed by atoms with Crippen molar-refractivity contribution in [3.8, 4) is 11.3 Å². The van der Waals surface area contributed by atoms with Crippen LogP contribution in [0.5, 0.6) is 0 Å². The van der Waals surface area contributed by atoms with Crippen molar-refractivity contribution < 1.29 is 4.84 Å². The topological polar surface area (TPSA) is 38.9 Å². The number of oxime groups is 1. The van der Waals surface area contributed by atoms with Gasteiger partial charge < -0.3 is 4.84 Å². The van der Waals surface area contributed by atoms with Crippen LogP contribution in [0.1, 0.15) is 5.69 Å². The molecule has 1 aromatic carbocycles. The van der Waals surface area contributed by atoms with Crippen molar-refractivity contribution in [2.75, 3.05) is 7.11 Å². The van der Waals surface area contributed by atoms with Crippen molar-refractivity contribution >= 4 is 34.1 Å². The first-order chi connectivity index (χ1) is 9.29. The van der Waals surface area contributed by atoms with E-state index in [1.54, 1.807) is 17.6 Å². The Kier molecular flexibility index (Phi) is 3.23. The van der Waals surface area contributed by atoms with Crippen LogP contribution in [0.4, 0.5) is 0 Å². The minimum atomic E-state index is 0.705. The third-order valence-electron chi connectivity index (χ3n) is 2.70. The highest BCUT2D eigenvalue weighted by Crippen LogP contribution is 2.26. The van der Waals surface area contributed by atoms with Gasteiger partial charge in [0.05, 0.1) is 17.6 Å². The first kappa shape index (κ1) is 12.2. The van der Waals surface area contributed by atoms with Crippen LogP contribution in [0.2, 0.25) is 5.02 Å². The van der Waals surface area contributed by atoms with Gasteiger partial charge in [-0.3, -0.25) is 4.40 Å². The van der Waals surface area contributed by atoms with Gasteiger partial charge >= 0.3 is 0 Å².